The maximum atomic E-state index is 13.2. The van der Waals surface area contributed by atoms with Gasteiger partial charge in [-0.1, -0.05) is 19.4 Å². The summed E-state index contributed by atoms with van der Waals surface area (Å²) in [6, 6.07) is 9.21. The van der Waals surface area contributed by atoms with Crippen LogP contribution in [0.4, 0.5) is 0 Å². The van der Waals surface area contributed by atoms with E-state index in [1.807, 2.05) is 6.92 Å². The predicted molar refractivity (Wildman–Crippen MR) is 108 cm³/mol. The van der Waals surface area contributed by atoms with Crippen molar-refractivity contribution in [3.05, 3.63) is 54.4 Å². The van der Waals surface area contributed by atoms with Crippen molar-refractivity contribution in [1.29, 1.82) is 0 Å². The van der Waals surface area contributed by atoms with Gasteiger partial charge in [0.2, 0.25) is 0 Å². The number of nitrogens with one attached hydrogen (secondary N) is 2. The van der Waals surface area contributed by atoms with Gasteiger partial charge in [0.05, 0.1) is 12.0 Å². The van der Waals surface area contributed by atoms with Crippen molar-refractivity contribution in [3.63, 3.8) is 0 Å². The number of carbonyl (C=O) groups is 2. The van der Waals surface area contributed by atoms with E-state index in [4.69, 9.17) is 4.74 Å². The summed E-state index contributed by atoms with van der Waals surface area (Å²) >= 11 is 0. The van der Waals surface area contributed by atoms with Crippen LogP contribution in [0.5, 0.6) is 5.75 Å². The van der Waals surface area contributed by atoms with E-state index in [0.29, 0.717) is 17.9 Å². The molecule has 29 heavy (non-hydrogen) atoms. The first-order valence-corrected chi connectivity index (χ1v) is 10.8. The summed E-state index contributed by atoms with van der Waals surface area (Å²) in [4.78, 5) is 28.0. The van der Waals surface area contributed by atoms with E-state index in [-0.39, 0.29) is 11.4 Å². The van der Waals surface area contributed by atoms with Crippen molar-refractivity contribution in [2.45, 2.75) is 29.9 Å². The minimum absolute atomic E-state index is 0.0776. The zero-order valence-corrected chi connectivity index (χ0v) is 17.2. The lowest BCUT2D eigenvalue weighted by atomic mass is 10.2. The van der Waals surface area contributed by atoms with Crippen LogP contribution in [0.2, 0.25) is 0 Å². The Morgan fingerprint density at radius 2 is 1.79 bits per heavy atom. The topological polar surface area (TPSA) is 114 Å². The molecule has 0 bridgehead atoms. The van der Waals surface area contributed by atoms with Gasteiger partial charge in [0, 0.05) is 25.5 Å². The quantitative estimate of drug-likeness (QED) is 0.472. The fourth-order valence-corrected chi connectivity index (χ4v) is 4.27. The molecule has 8 nitrogen and oxygen atoms in total. The minimum Gasteiger partial charge on any atom is -0.497 e. The molecule has 0 saturated heterocycles. The summed E-state index contributed by atoms with van der Waals surface area (Å²) in [5.41, 5.74) is 0.412. The smallest absolute Gasteiger partial charge is 0.309 e. The van der Waals surface area contributed by atoms with Crippen molar-refractivity contribution in [2.24, 2.45) is 0 Å². The van der Waals surface area contributed by atoms with Crippen LogP contribution in [0, 0.1) is 0 Å². The normalized spacial score (nSPS) is 12.1. The van der Waals surface area contributed by atoms with Gasteiger partial charge in [-0.05, 0) is 42.3 Å². The van der Waals surface area contributed by atoms with Gasteiger partial charge in [-0.15, -0.1) is 0 Å². The lowest BCUT2D eigenvalue weighted by molar-refractivity contribution is -0.139. The zero-order chi connectivity index (χ0) is 21.3. The molecule has 9 heteroatoms. The van der Waals surface area contributed by atoms with Crippen molar-refractivity contribution in [1.82, 2.24) is 15.6 Å². The molecule has 0 aliphatic rings. The molecule has 1 aromatic carbocycles. The van der Waals surface area contributed by atoms with Gasteiger partial charge in [0.25, 0.3) is 0 Å². The van der Waals surface area contributed by atoms with Crippen LogP contribution in [0.1, 0.15) is 30.6 Å². The van der Waals surface area contributed by atoms with Crippen LogP contribution in [-0.2, 0) is 19.4 Å². The third kappa shape index (κ3) is 6.02. The van der Waals surface area contributed by atoms with Gasteiger partial charge in [-0.3, -0.25) is 14.6 Å². The van der Waals surface area contributed by atoms with E-state index in [0.717, 1.165) is 12.8 Å². The highest BCUT2D eigenvalue weighted by Crippen LogP contribution is 2.29. The van der Waals surface area contributed by atoms with E-state index in [1.165, 1.54) is 31.6 Å². The zero-order valence-electron chi connectivity index (χ0n) is 16.4. The number of rotatable bonds is 9. The molecular formula is C20H25N3O5S. The monoisotopic (exact) mass is 419 g/mol. The van der Waals surface area contributed by atoms with E-state index in [9.17, 15) is 18.0 Å². The number of sulfone groups is 1. The second-order valence-corrected chi connectivity index (χ2v) is 8.45. The SMILES string of the molecule is CCCCNC(=O)C(=O)NC[C@@H](c1cccnc1)S(=O)(=O)c1ccc(OC)cc1. The molecule has 0 spiro atoms. The molecule has 2 N–H and O–H groups in total. The number of ether oxygens (including phenoxy) is 1. The molecule has 2 amide bonds. The number of nitrogens with zero attached hydrogens (tertiary/aromatic N) is 1. The van der Waals surface area contributed by atoms with Gasteiger partial charge in [-0.25, -0.2) is 8.42 Å². The highest BCUT2D eigenvalue weighted by atomic mass is 32.2. The molecule has 2 rings (SSSR count). The molecule has 1 heterocycles. The Balaban J connectivity index is 2.21. The lowest BCUT2D eigenvalue weighted by Crippen LogP contribution is -2.42. The molecule has 0 fully saturated rings. The first-order valence-electron chi connectivity index (χ1n) is 9.24. The number of amides is 2. The fourth-order valence-electron chi connectivity index (χ4n) is 2.63. The van der Waals surface area contributed by atoms with Crippen LogP contribution in [0.25, 0.3) is 0 Å². The Kier molecular flexibility index (Phi) is 8.14. The average molecular weight is 420 g/mol. The molecule has 1 atom stereocenters. The standard InChI is InChI=1S/C20H25N3O5S/c1-3-4-12-22-19(24)20(25)23-14-18(15-6-5-11-21-13-15)29(26,27)17-9-7-16(28-2)8-10-17/h5-11,13,18H,3-4,12,14H2,1-2H3,(H,22,24)(H,23,25)/t18-/m0/s1. The summed E-state index contributed by atoms with van der Waals surface area (Å²) in [5.74, 6) is -1.14. The van der Waals surface area contributed by atoms with E-state index in [2.05, 4.69) is 15.6 Å². The van der Waals surface area contributed by atoms with Gasteiger partial charge < -0.3 is 15.4 Å². The molecule has 156 valence electrons. The number of hydrogen-bond acceptors (Lipinski definition) is 6. The van der Waals surface area contributed by atoms with Crippen LogP contribution >= 0.6 is 0 Å². The Morgan fingerprint density at radius 3 is 2.38 bits per heavy atom. The number of hydrogen-bond donors (Lipinski definition) is 2. The van der Waals surface area contributed by atoms with E-state index in [1.54, 1.807) is 24.3 Å². The third-order valence-corrected chi connectivity index (χ3v) is 6.41. The summed E-state index contributed by atoms with van der Waals surface area (Å²) in [5, 5.41) is 3.83. The Morgan fingerprint density at radius 1 is 1.10 bits per heavy atom. The summed E-state index contributed by atoms with van der Waals surface area (Å²) in [6.07, 6.45) is 4.59. The number of unbranched alkanes of at least 4 members (excludes halogenated alkanes) is 1. The van der Waals surface area contributed by atoms with Crippen molar-refractivity contribution < 1.29 is 22.7 Å². The maximum Gasteiger partial charge on any atom is 0.309 e. The lowest BCUT2D eigenvalue weighted by Gasteiger charge is -2.19. The second kappa shape index (κ2) is 10.6. The number of benzene rings is 1. The van der Waals surface area contributed by atoms with Crippen LogP contribution < -0.4 is 15.4 Å². The number of carbonyl (C=O) groups excluding carboxylic acids is 2. The molecule has 0 saturated carbocycles. The van der Waals surface area contributed by atoms with Gasteiger partial charge in [0.15, 0.2) is 9.84 Å². The van der Waals surface area contributed by atoms with E-state index < -0.39 is 26.9 Å². The molecule has 0 aliphatic heterocycles. The van der Waals surface area contributed by atoms with Crippen LogP contribution in [-0.4, -0.2) is 45.4 Å². The maximum absolute atomic E-state index is 13.2. The van der Waals surface area contributed by atoms with Crippen LogP contribution in [0.15, 0.2) is 53.7 Å². The van der Waals surface area contributed by atoms with Crippen molar-refractivity contribution in [2.75, 3.05) is 20.2 Å². The third-order valence-electron chi connectivity index (χ3n) is 4.29. The highest BCUT2D eigenvalue weighted by molar-refractivity contribution is 7.91. The summed E-state index contributed by atoms with van der Waals surface area (Å²) < 4.78 is 31.5. The largest absolute Gasteiger partial charge is 0.497 e. The first kappa shape index (κ1) is 22.4. The molecule has 2 aromatic rings. The fraction of sp³-hybridized carbons (Fsp3) is 0.350. The Hall–Kier alpha value is -2.94. The molecule has 0 aliphatic carbocycles. The van der Waals surface area contributed by atoms with Gasteiger partial charge in [0.1, 0.15) is 11.0 Å². The van der Waals surface area contributed by atoms with Crippen molar-refractivity contribution >= 4 is 21.7 Å². The molecular weight excluding hydrogens is 394 g/mol. The molecule has 0 unspecified atom stereocenters. The first-order chi connectivity index (χ1) is 13.9. The molecule has 0 radical (unpaired) electrons. The average Bonchev–Trinajstić information content (AvgIpc) is 2.74. The number of pyridine rings is 1. The minimum atomic E-state index is -3.86. The summed E-state index contributed by atoms with van der Waals surface area (Å²) in [6.45, 7) is 2.09. The van der Waals surface area contributed by atoms with Crippen LogP contribution in [0.3, 0.4) is 0 Å². The van der Waals surface area contributed by atoms with Gasteiger partial charge in [-0.2, -0.15) is 0 Å². The molecule has 1 aromatic heterocycles. The predicted octanol–water partition coefficient (Wildman–Crippen LogP) is 1.64. The Labute approximate surface area is 170 Å². The number of methoxy groups -OCH3 is 1. The Bertz CT molecular complexity index is 915. The summed E-state index contributed by atoms with van der Waals surface area (Å²) in [7, 11) is -2.37. The number of aromatic nitrogens is 1. The van der Waals surface area contributed by atoms with Gasteiger partial charge >= 0.3 is 11.8 Å². The van der Waals surface area contributed by atoms with Crippen molar-refractivity contribution in [3.8, 4) is 5.75 Å². The highest BCUT2D eigenvalue weighted by Gasteiger charge is 2.30. The second-order valence-electron chi connectivity index (χ2n) is 6.32. The van der Waals surface area contributed by atoms with E-state index >= 15 is 0 Å².